The number of piperidine rings is 1. The summed E-state index contributed by atoms with van der Waals surface area (Å²) in [4.78, 5) is 2.65. The summed E-state index contributed by atoms with van der Waals surface area (Å²) in [5.41, 5.74) is 6.05. The van der Waals surface area contributed by atoms with E-state index in [4.69, 9.17) is 10.5 Å². The normalized spacial score (nSPS) is 25.6. The van der Waals surface area contributed by atoms with Crippen LogP contribution in [-0.2, 0) is 4.74 Å². The number of nitrogens with zero attached hydrogens (tertiary/aromatic N) is 1. The number of rotatable bonds is 6. The lowest BCUT2D eigenvalue weighted by atomic mass is 9.84. The van der Waals surface area contributed by atoms with Crippen molar-refractivity contribution in [1.29, 1.82) is 0 Å². The van der Waals surface area contributed by atoms with Crippen molar-refractivity contribution < 1.29 is 4.74 Å². The van der Waals surface area contributed by atoms with Crippen molar-refractivity contribution in [3.8, 4) is 0 Å². The molecule has 0 aromatic carbocycles. The standard InChI is InChI=1S/C16H32N2O/c1-19-13-15-7-9-18(10-8-15)16(12-17)11-14-5-3-2-4-6-14/h14-16H,2-13,17H2,1H3. The second-order valence-corrected chi connectivity index (χ2v) is 6.56. The molecule has 1 atom stereocenters. The van der Waals surface area contributed by atoms with Gasteiger partial charge in [-0.2, -0.15) is 0 Å². The fourth-order valence-corrected chi connectivity index (χ4v) is 3.92. The van der Waals surface area contributed by atoms with Gasteiger partial charge in [0.2, 0.25) is 0 Å². The molecule has 0 aromatic heterocycles. The Morgan fingerprint density at radius 2 is 1.74 bits per heavy atom. The first-order valence-electron chi connectivity index (χ1n) is 8.26. The lowest BCUT2D eigenvalue weighted by Crippen LogP contribution is -2.46. The van der Waals surface area contributed by atoms with Gasteiger partial charge < -0.3 is 10.5 Å². The summed E-state index contributed by atoms with van der Waals surface area (Å²) in [6, 6.07) is 0.631. The van der Waals surface area contributed by atoms with E-state index in [1.165, 1.54) is 64.5 Å². The van der Waals surface area contributed by atoms with Gasteiger partial charge in [-0.1, -0.05) is 32.1 Å². The van der Waals surface area contributed by atoms with E-state index in [9.17, 15) is 0 Å². The SMILES string of the molecule is COCC1CCN(C(CN)CC2CCCCC2)CC1. The lowest BCUT2D eigenvalue weighted by Gasteiger charge is -2.39. The highest BCUT2D eigenvalue weighted by molar-refractivity contribution is 4.82. The Morgan fingerprint density at radius 1 is 1.05 bits per heavy atom. The molecule has 0 amide bonds. The first kappa shape index (κ1) is 15.3. The van der Waals surface area contributed by atoms with Crippen LogP contribution in [0.1, 0.15) is 51.4 Å². The predicted molar refractivity (Wildman–Crippen MR) is 80.2 cm³/mol. The van der Waals surface area contributed by atoms with Crippen LogP contribution >= 0.6 is 0 Å². The van der Waals surface area contributed by atoms with Gasteiger partial charge in [0.05, 0.1) is 0 Å². The highest BCUT2D eigenvalue weighted by Crippen LogP contribution is 2.29. The number of hydrogen-bond donors (Lipinski definition) is 1. The minimum Gasteiger partial charge on any atom is -0.384 e. The monoisotopic (exact) mass is 268 g/mol. The number of hydrogen-bond acceptors (Lipinski definition) is 3. The Kier molecular flexibility index (Phi) is 6.62. The molecule has 2 rings (SSSR count). The topological polar surface area (TPSA) is 38.5 Å². The third kappa shape index (κ3) is 4.73. The average Bonchev–Trinajstić information content (AvgIpc) is 2.47. The zero-order valence-electron chi connectivity index (χ0n) is 12.7. The van der Waals surface area contributed by atoms with Crippen LogP contribution in [0.2, 0.25) is 0 Å². The Bertz CT molecular complexity index is 233. The largest absolute Gasteiger partial charge is 0.384 e. The molecule has 1 aliphatic heterocycles. The van der Waals surface area contributed by atoms with Crippen LogP contribution in [0.15, 0.2) is 0 Å². The lowest BCUT2D eigenvalue weighted by molar-refractivity contribution is 0.0720. The smallest absolute Gasteiger partial charge is 0.0491 e. The molecule has 0 spiro atoms. The van der Waals surface area contributed by atoms with Crippen molar-refractivity contribution in [2.24, 2.45) is 17.6 Å². The molecular weight excluding hydrogens is 236 g/mol. The van der Waals surface area contributed by atoms with Crippen LogP contribution in [0.4, 0.5) is 0 Å². The fourth-order valence-electron chi connectivity index (χ4n) is 3.92. The Morgan fingerprint density at radius 3 is 2.32 bits per heavy atom. The Labute approximate surface area is 118 Å². The summed E-state index contributed by atoms with van der Waals surface area (Å²) in [5, 5.41) is 0. The Hall–Kier alpha value is -0.120. The van der Waals surface area contributed by atoms with Crippen molar-refractivity contribution in [3.63, 3.8) is 0 Å². The summed E-state index contributed by atoms with van der Waals surface area (Å²) in [5.74, 6) is 1.72. The van der Waals surface area contributed by atoms with Gasteiger partial charge in [0.25, 0.3) is 0 Å². The van der Waals surface area contributed by atoms with E-state index in [2.05, 4.69) is 4.90 Å². The maximum absolute atomic E-state index is 6.05. The average molecular weight is 268 g/mol. The van der Waals surface area contributed by atoms with E-state index < -0.39 is 0 Å². The van der Waals surface area contributed by atoms with E-state index >= 15 is 0 Å². The van der Waals surface area contributed by atoms with Crippen LogP contribution in [0.3, 0.4) is 0 Å². The van der Waals surface area contributed by atoms with Gasteiger partial charge in [-0.3, -0.25) is 4.90 Å². The molecule has 0 aromatic rings. The molecule has 3 heteroatoms. The van der Waals surface area contributed by atoms with Crippen LogP contribution in [0.5, 0.6) is 0 Å². The van der Waals surface area contributed by atoms with Crippen LogP contribution in [0.25, 0.3) is 0 Å². The van der Waals surface area contributed by atoms with E-state index in [0.717, 1.165) is 25.0 Å². The van der Waals surface area contributed by atoms with Crippen molar-refractivity contribution in [3.05, 3.63) is 0 Å². The van der Waals surface area contributed by atoms with Crippen molar-refractivity contribution in [2.45, 2.75) is 57.4 Å². The first-order chi connectivity index (χ1) is 9.33. The van der Waals surface area contributed by atoms with Crippen molar-refractivity contribution >= 4 is 0 Å². The molecule has 2 fully saturated rings. The first-order valence-corrected chi connectivity index (χ1v) is 8.26. The molecule has 1 heterocycles. The molecule has 0 radical (unpaired) electrons. The van der Waals surface area contributed by atoms with E-state index in [1.807, 2.05) is 7.11 Å². The second-order valence-electron chi connectivity index (χ2n) is 6.56. The molecule has 19 heavy (non-hydrogen) atoms. The van der Waals surface area contributed by atoms with Gasteiger partial charge in [0, 0.05) is 26.3 Å². The molecule has 0 bridgehead atoms. The predicted octanol–water partition coefficient (Wildman–Crippen LogP) is 2.64. The summed E-state index contributed by atoms with van der Waals surface area (Å²) < 4.78 is 5.28. The van der Waals surface area contributed by atoms with E-state index in [0.29, 0.717) is 6.04 Å². The van der Waals surface area contributed by atoms with Crippen LogP contribution in [-0.4, -0.2) is 44.3 Å². The Balaban J connectivity index is 1.75. The van der Waals surface area contributed by atoms with Gasteiger partial charge in [-0.15, -0.1) is 0 Å². The third-order valence-corrected chi connectivity index (χ3v) is 5.17. The molecular formula is C16H32N2O. The highest BCUT2D eigenvalue weighted by atomic mass is 16.5. The summed E-state index contributed by atoms with van der Waals surface area (Å²) in [7, 11) is 1.82. The third-order valence-electron chi connectivity index (χ3n) is 5.17. The maximum atomic E-state index is 6.05. The van der Waals surface area contributed by atoms with Gasteiger partial charge in [0.1, 0.15) is 0 Å². The fraction of sp³-hybridized carbons (Fsp3) is 1.00. The summed E-state index contributed by atoms with van der Waals surface area (Å²) in [6.45, 7) is 4.22. The van der Waals surface area contributed by atoms with Gasteiger partial charge in [-0.05, 0) is 44.2 Å². The molecule has 2 aliphatic rings. The molecule has 1 saturated carbocycles. The zero-order chi connectivity index (χ0) is 13.5. The van der Waals surface area contributed by atoms with Crippen LogP contribution < -0.4 is 5.73 Å². The second kappa shape index (κ2) is 8.23. The zero-order valence-corrected chi connectivity index (χ0v) is 12.7. The summed E-state index contributed by atoms with van der Waals surface area (Å²) in [6.07, 6.45) is 11.1. The minimum atomic E-state index is 0.631. The highest BCUT2D eigenvalue weighted by Gasteiger charge is 2.26. The molecule has 112 valence electrons. The number of ether oxygens (including phenoxy) is 1. The number of likely N-dealkylation sites (tertiary alicyclic amines) is 1. The number of nitrogens with two attached hydrogens (primary N) is 1. The van der Waals surface area contributed by atoms with Gasteiger partial charge >= 0.3 is 0 Å². The van der Waals surface area contributed by atoms with E-state index in [-0.39, 0.29) is 0 Å². The molecule has 3 nitrogen and oxygen atoms in total. The minimum absolute atomic E-state index is 0.631. The number of methoxy groups -OCH3 is 1. The molecule has 2 N–H and O–H groups in total. The van der Waals surface area contributed by atoms with Crippen molar-refractivity contribution in [1.82, 2.24) is 4.90 Å². The van der Waals surface area contributed by atoms with Gasteiger partial charge in [-0.25, -0.2) is 0 Å². The maximum Gasteiger partial charge on any atom is 0.0491 e. The van der Waals surface area contributed by atoms with Crippen molar-refractivity contribution in [2.75, 3.05) is 33.4 Å². The quantitative estimate of drug-likeness (QED) is 0.805. The molecule has 1 aliphatic carbocycles. The van der Waals surface area contributed by atoms with E-state index in [1.54, 1.807) is 0 Å². The molecule has 1 unspecified atom stereocenters. The van der Waals surface area contributed by atoms with Gasteiger partial charge in [0.15, 0.2) is 0 Å². The van der Waals surface area contributed by atoms with Crippen LogP contribution in [0, 0.1) is 11.8 Å². The summed E-state index contributed by atoms with van der Waals surface area (Å²) >= 11 is 0. The molecule has 1 saturated heterocycles.